The number of benzene rings is 2. The summed E-state index contributed by atoms with van der Waals surface area (Å²) < 4.78 is 9.91. The first-order chi connectivity index (χ1) is 23.8. The number of carbonyl (C=O) groups excluding carboxylic acids is 2. The number of hydrogen-bond acceptors (Lipinski definition) is 7. The van der Waals surface area contributed by atoms with Crippen molar-refractivity contribution in [2.45, 2.75) is 64.1 Å². The molecule has 0 unspecified atom stereocenters. The maximum atomic E-state index is 13.5. The second kappa shape index (κ2) is 15.8. The van der Waals surface area contributed by atoms with Gasteiger partial charge >= 0.3 is 6.09 Å². The number of nitrogens with one attached hydrogen (secondary N) is 3. The number of aromatic nitrogens is 4. The van der Waals surface area contributed by atoms with Crippen molar-refractivity contribution < 1.29 is 19.1 Å². The third-order valence-corrected chi connectivity index (χ3v) is 9.64. The molecule has 0 spiro atoms. The smallest absolute Gasteiger partial charge is 0.407 e. The summed E-state index contributed by atoms with van der Waals surface area (Å²) in [6.07, 6.45) is 9.86. The predicted molar refractivity (Wildman–Crippen MR) is 189 cm³/mol. The average Bonchev–Trinajstić information content (AvgIpc) is 3.95. The minimum absolute atomic E-state index is 0.164. The summed E-state index contributed by atoms with van der Waals surface area (Å²) in [4.78, 5) is 46.2. The van der Waals surface area contributed by atoms with Crippen molar-refractivity contribution in [3.8, 4) is 33.6 Å². The molecule has 4 heterocycles. The third kappa shape index (κ3) is 8.05. The lowest BCUT2D eigenvalue weighted by Crippen LogP contribution is -2.49. The monoisotopic (exact) mass is 666 g/mol. The number of nitrogens with zero attached hydrogens (tertiary/aromatic N) is 4. The lowest BCUT2D eigenvalue weighted by Gasteiger charge is -2.28. The molecule has 49 heavy (non-hydrogen) atoms. The summed E-state index contributed by atoms with van der Waals surface area (Å²) in [5.74, 6) is 2.21. The van der Waals surface area contributed by atoms with Gasteiger partial charge in [-0.1, -0.05) is 62.4 Å². The summed E-state index contributed by atoms with van der Waals surface area (Å²) in [6, 6.07) is 16.4. The zero-order valence-corrected chi connectivity index (χ0v) is 28.9. The van der Waals surface area contributed by atoms with Crippen LogP contribution in [0.25, 0.3) is 33.6 Å². The Kier molecular flexibility index (Phi) is 11.1. The lowest BCUT2D eigenvalue weighted by atomic mass is 10.0. The van der Waals surface area contributed by atoms with Gasteiger partial charge in [0.1, 0.15) is 17.7 Å². The number of likely N-dealkylation sites (tertiary alicyclic amines) is 2. The van der Waals surface area contributed by atoms with Crippen molar-refractivity contribution >= 4 is 12.0 Å². The van der Waals surface area contributed by atoms with Crippen molar-refractivity contribution in [3.05, 3.63) is 79.0 Å². The van der Waals surface area contributed by atoms with Gasteiger partial charge in [0.05, 0.1) is 43.0 Å². The molecule has 0 saturated carbocycles. The molecule has 6 rings (SSSR count). The summed E-state index contributed by atoms with van der Waals surface area (Å²) in [5, 5.41) is 2.66. The Balaban J connectivity index is 1.10. The molecule has 2 saturated heterocycles. The SMILES string of the molecule is COCC[C@H](NC(=O)OC)C(=O)N1CCC[C@H]1c1ncc(-c2ccc(-c3ccc(-c4cnc([C@@H]5CCCN5C[CH]C(C)C)[nH]4)cc3)cc2)[nH]1. The van der Waals surface area contributed by atoms with E-state index in [9.17, 15) is 9.59 Å². The molecule has 3 atom stereocenters. The van der Waals surface area contributed by atoms with Crippen molar-refractivity contribution in [1.29, 1.82) is 0 Å². The van der Waals surface area contributed by atoms with Gasteiger partial charge in [0.25, 0.3) is 0 Å². The fourth-order valence-electron chi connectivity index (χ4n) is 6.90. The average molecular weight is 667 g/mol. The highest BCUT2D eigenvalue weighted by molar-refractivity contribution is 5.86. The topological polar surface area (TPSA) is 128 Å². The summed E-state index contributed by atoms with van der Waals surface area (Å²) in [5.41, 5.74) is 6.31. The van der Waals surface area contributed by atoms with Gasteiger partial charge in [-0.05, 0) is 66.8 Å². The molecule has 2 aromatic carbocycles. The Hall–Kier alpha value is -4.48. The predicted octanol–water partition coefficient (Wildman–Crippen LogP) is 6.56. The van der Waals surface area contributed by atoms with E-state index >= 15 is 0 Å². The van der Waals surface area contributed by atoms with E-state index in [2.05, 4.69) is 94.0 Å². The number of amides is 2. The molecule has 2 amide bonds. The number of rotatable bonds is 13. The summed E-state index contributed by atoms with van der Waals surface area (Å²) in [6.45, 7) is 7.52. The largest absolute Gasteiger partial charge is 0.453 e. The van der Waals surface area contributed by atoms with Gasteiger partial charge < -0.3 is 29.7 Å². The molecule has 2 aliphatic heterocycles. The van der Waals surface area contributed by atoms with E-state index in [1.807, 2.05) is 12.4 Å². The first-order valence-electron chi connectivity index (χ1n) is 17.4. The first-order valence-corrected chi connectivity index (χ1v) is 17.4. The second-order valence-corrected chi connectivity index (χ2v) is 13.3. The Morgan fingerprint density at radius 1 is 0.857 bits per heavy atom. The van der Waals surface area contributed by atoms with Crippen LogP contribution in [0.3, 0.4) is 0 Å². The fraction of sp³-hybridized carbons (Fsp3) is 0.447. The van der Waals surface area contributed by atoms with Crippen molar-refractivity contribution in [3.63, 3.8) is 0 Å². The van der Waals surface area contributed by atoms with Crippen LogP contribution in [0.1, 0.15) is 69.7 Å². The quantitative estimate of drug-likeness (QED) is 0.148. The van der Waals surface area contributed by atoms with E-state index in [1.165, 1.54) is 13.5 Å². The van der Waals surface area contributed by atoms with Crippen LogP contribution < -0.4 is 5.32 Å². The molecule has 4 aromatic rings. The molecule has 11 nitrogen and oxygen atoms in total. The Morgan fingerprint density at radius 2 is 1.41 bits per heavy atom. The van der Waals surface area contributed by atoms with Gasteiger partial charge in [0, 0.05) is 33.2 Å². The van der Waals surface area contributed by atoms with Crippen LogP contribution in [0.2, 0.25) is 0 Å². The van der Waals surface area contributed by atoms with Gasteiger partial charge in [0.15, 0.2) is 0 Å². The number of imidazole rings is 2. The van der Waals surface area contributed by atoms with E-state index in [1.54, 1.807) is 12.0 Å². The minimum Gasteiger partial charge on any atom is -0.453 e. The number of H-pyrrole nitrogens is 2. The zero-order valence-electron chi connectivity index (χ0n) is 28.9. The van der Waals surface area contributed by atoms with Gasteiger partial charge in [-0.15, -0.1) is 0 Å². The number of aromatic amines is 2. The number of hydrogen-bond donors (Lipinski definition) is 3. The molecule has 1 radical (unpaired) electrons. The number of ether oxygens (including phenoxy) is 2. The number of alkyl carbamates (subject to hydrolysis) is 1. The Labute approximate surface area is 288 Å². The molecule has 0 aliphatic carbocycles. The van der Waals surface area contributed by atoms with Crippen LogP contribution in [-0.2, 0) is 14.3 Å². The highest BCUT2D eigenvalue weighted by atomic mass is 16.5. The minimum atomic E-state index is -0.734. The molecular weight excluding hydrogens is 618 g/mol. The molecule has 2 fully saturated rings. The van der Waals surface area contributed by atoms with Crippen LogP contribution >= 0.6 is 0 Å². The van der Waals surface area contributed by atoms with Crippen LogP contribution in [0.5, 0.6) is 0 Å². The molecule has 2 aromatic heterocycles. The van der Waals surface area contributed by atoms with E-state index in [0.717, 1.165) is 77.6 Å². The third-order valence-electron chi connectivity index (χ3n) is 9.64. The van der Waals surface area contributed by atoms with Gasteiger partial charge in [-0.3, -0.25) is 9.69 Å². The lowest BCUT2D eigenvalue weighted by molar-refractivity contribution is -0.134. The van der Waals surface area contributed by atoms with E-state index in [0.29, 0.717) is 31.5 Å². The van der Waals surface area contributed by atoms with Crippen LogP contribution in [0.15, 0.2) is 60.9 Å². The standard InChI is InChI=1S/C38H48N7O4/c1-25(2)17-21-44-19-5-7-33(44)35-39-23-31(41-35)28-13-9-26(10-14-28)27-11-15-29(16-12-27)32-24-40-36(42-32)34-8-6-20-45(34)37(46)30(18-22-48-3)43-38(47)49-4/h9-17,23-25,30,33-34H,5-8,18-22H2,1-4H3,(H,39,41)(H,40,42)(H,43,47)/t30-,33-,34-/m0/s1. The fourth-order valence-corrected chi connectivity index (χ4v) is 6.90. The van der Waals surface area contributed by atoms with Crippen molar-refractivity contribution in [1.82, 2.24) is 35.1 Å². The van der Waals surface area contributed by atoms with Crippen molar-refractivity contribution in [2.75, 3.05) is 40.5 Å². The molecule has 11 heteroatoms. The number of methoxy groups -OCH3 is 2. The maximum absolute atomic E-state index is 13.5. The highest BCUT2D eigenvalue weighted by Gasteiger charge is 2.36. The highest BCUT2D eigenvalue weighted by Crippen LogP contribution is 2.34. The normalized spacial score (nSPS) is 18.7. The zero-order chi connectivity index (χ0) is 34.3. The maximum Gasteiger partial charge on any atom is 0.407 e. The van der Waals surface area contributed by atoms with Gasteiger partial charge in [-0.2, -0.15) is 0 Å². The second-order valence-electron chi connectivity index (χ2n) is 13.3. The molecule has 0 bridgehead atoms. The first kappa shape index (κ1) is 34.4. The van der Waals surface area contributed by atoms with Crippen LogP contribution in [0, 0.1) is 12.3 Å². The molecule has 259 valence electrons. The van der Waals surface area contributed by atoms with E-state index in [-0.39, 0.29) is 11.9 Å². The summed E-state index contributed by atoms with van der Waals surface area (Å²) in [7, 11) is 2.85. The summed E-state index contributed by atoms with van der Waals surface area (Å²) >= 11 is 0. The Bertz CT molecular complexity index is 1680. The molecule has 2 aliphatic rings. The van der Waals surface area contributed by atoms with Crippen LogP contribution in [-0.4, -0.2) is 88.2 Å². The Morgan fingerprint density at radius 3 is 1.98 bits per heavy atom. The van der Waals surface area contributed by atoms with Gasteiger partial charge in [0.2, 0.25) is 5.91 Å². The van der Waals surface area contributed by atoms with E-state index < -0.39 is 12.1 Å². The number of carbonyl (C=O) groups is 2. The van der Waals surface area contributed by atoms with Crippen LogP contribution in [0.4, 0.5) is 4.79 Å². The van der Waals surface area contributed by atoms with Gasteiger partial charge in [-0.25, -0.2) is 14.8 Å². The van der Waals surface area contributed by atoms with Crippen molar-refractivity contribution in [2.24, 2.45) is 5.92 Å². The molecule has 3 N–H and O–H groups in total. The van der Waals surface area contributed by atoms with E-state index in [4.69, 9.17) is 14.5 Å². The molecular formula is C38H48N7O4.